The number of ether oxygens (including phenoxy) is 2. The van der Waals surface area contributed by atoms with Gasteiger partial charge in [0.15, 0.2) is 11.5 Å². The average Bonchev–Trinajstić information content (AvgIpc) is 2.83. The lowest BCUT2D eigenvalue weighted by Crippen LogP contribution is -2.31. The fourth-order valence-electron chi connectivity index (χ4n) is 2.69. The van der Waals surface area contributed by atoms with E-state index in [9.17, 15) is 13.6 Å². The van der Waals surface area contributed by atoms with Crippen molar-refractivity contribution in [1.82, 2.24) is 0 Å². The largest absolute Gasteiger partial charge is 0.493 e. The second-order valence-electron chi connectivity index (χ2n) is 5.37. The Bertz CT molecular complexity index is 770. The topological polar surface area (TPSA) is 38.8 Å². The third kappa shape index (κ3) is 3.87. The zero-order valence-corrected chi connectivity index (χ0v) is 14.4. The van der Waals surface area contributed by atoms with Gasteiger partial charge in [0.2, 0.25) is 0 Å². The Morgan fingerprint density at radius 2 is 2.00 bits per heavy atom. The minimum Gasteiger partial charge on any atom is -0.493 e. The number of rotatable bonds is 4. The van der Waals surface area contributed by atoms with Crippen LogP contribution < -0.4 is 14.4 Å². The number of para-hydroxylation sites is 1. The first-order valence-electron chi connectivity index (χ1n) is 7.76. The predicted octanol–water partition coefficient (Wildman–Crippen LogP) is 4.44. The third-order valence-electron chi connectivity index (χ3n) is 3.81. The number of carbonyl (C=O) groups excluding carboxylic acids is 1. The molecule has 2 aromatic carbocycles. The molecule has 2 aromatic rings. The van der Waals surface area contributed by atoms with Crippen molar-refractivity contribution in [3.8, 4) is 11.5 Å². The van der Waals surface area contributed by atoms with Crippen LogP contribution in [0.15, 0.2) is 47.4 Å². The predicted molar refractivity (Wildman–Crippen MR) is 93.1 cm³/mol. The molecule has 0 saturated heterocycles. The van der Waals surface area contributed by atoms with Crippen LogP contribution in [0.5, 0.6) is 11.5 Å². The molecule has 1 amide bonds. The molecule has 0 radical (unpaired) electrons. The van der Waals surface area contributed by atoms with Crippen molar-refractivity contribution in [2.75, 3.05) is 24.3 Å². The maximum absolute atomic E-state index is 13.0. The Morgan fingerprint density at radius 1 is 1.20 bits per heavy atom. The molecule has 25 heavy (non-hydrogen) atoms. The van der Waals surface area contributed by atoms with E-state index in [1.54, 1.807) is 22.7 Å². The van der Waals surface area contributed by atoms with E-state index in [1.807, 2.05) is 24.3 Å². The van der Waals surface area contributed by atoms with Gasteiger partial charge in [-0.3, -0.25) is 4.79 Å². The molecule has 0 bridgehead atoms. The quantitative estimate of drug-likeness (QED) is 0.803. The highest BCUT2D eigenvalue weighted by atomic mass is 32.2. The summed E-state index contributed by atoms with van der Waals surface area (Å²) in [6, 6.07) is 12.0. The molecule has 1 heterocycles. The van der Waals surface area contributed by atoms with Crippen molar-refractivity contribution in [1.29, 1.82) is 0 Å². The monoisotopic (exact) mass is 365 g/mol. The van der Waals surface area contributed by atoms with Crippen LogP contribution in [-0.2, 0) is 0 Å². The molecule has 0 aromatic heterocycles. The Morgan fingerprint density at radius 3 is 2.76 bits per heavy atom. The first kappa shape index (κ1) is 17.5. The fraction of sp³-hybridized carbons (Fsp3) is 0.278. The standard InChI is InChI=1S/C18H17F2NO3S/c1-23-14-8-7-12(11-15(14)24-18(19)20)17(22)21-9-4-10-25-16-6-3-2-5-13(16)21/h2-3,5-8,11,18H,4,9-10H2,1H3. The Labute approximate surface area is 148 Å². The highest BCUT2D eigenvalue weighted by Gasteiger charge is 2.24. The van der Waals surface area contributed by atoms with Crippen LogP contribution in [0.25, 0.3) is 0 Å². The molecule has 4 nitrogen and oxygen atoms in total. The smallest absolute Gasteiger partial charge is 0.387 e. The number of nitrogens with zero attached hydrogens (tertiary/aromatic N) is 1. The molecule has 1 aliphatic rings. The number of fused-ring (bicyclic) bond motifs is 1. The van der Waals surface area contributed by atoms with Gasteiger partial charge in [-0.15, -0.1) is 11.8 Å². The fourth-order valence-corrected chi connectivity index (χ4v) is 3.69. The number of carbonyl (C=O) groups is 1. The SMILES string of the molecule is COc1ccc(C(=O)N2CCCSc3ccccc32)cc1OC(F)F. The van der Waals surface area contributed by atoms with Crippen LogP contribution in [0.1, 0.15) is 16.8 Å². The Kier molecular flexibility index (Phi) is 5.43. The summed E-state index contributed by atoms with van der Waals surface area (Å²) in [6.45, 7) is -2.42. The number of methoxy groups -OCH3 is 1. The number of halogens is 2. The summed E-state index contributed by atoms with van der Waals surface area (Å²) in [4.78, 5) is 15.7. The van der Waals surface area contributed by atoms with Gasteiger partial charge >= 0.3 is 6.61 Å². The molecule has 3 rings (SSSR count). The first-order valence-corrected chi connectivity index (χ1v) is 8.75. The van der Waals surface area contributed by atoms with E-state index in [0.29, 0.717) is 6.54 Å². The lowest BCUT2D eigenvalue weighted by atomic mass is 10.1. The molecule has 0 N–H and O–H groups in total. The van der Waals surface area contributed by atoms with Crippen molar-refractivity contribution in [2.45, 2.75) is 17.9 Å². The Hall–Kier alpha value is -2.28. The Balaban J connectivity index is 1.95. The summed E-state index contributed by atoms with van der Waals surface area (Å²) >= 11 is 1.71. The molecule has 0 atom stereocenters. The maximum atomic E-state index is 13.0. The number of thioether (sulfide) groups is 1. The van der Waals surface area contributed by atoms with Crippen LogP contribution >= 0.6 is 11.8 Å². The summed E-state index contributed by atoms with van der Waals surface area (Å²) in [6.07, 6.45) is 0.849. The molecular weight excluding hydrogens is 348 g/mol. The minimum atomic E-state index is -2.99. The highest BCUT2D eigenvalue weighted by Crippen LogP contribution is 2.35. The summed E-state index contributed by atoms with van der Waals surface area (Å²) in [5, 5.41) is 0. The summed E-state index contributed by atoms with van der Waals surface area (Å²) in [5.41, 5.74) is 1.11. The summed E-state index contributed by atoms with van der Waals surface area (Å²) in [7, 11) is 1.36. The number of hydrogen-bond acceptors (Lipinski definition) is 4. The van der Waals surface area contributed by atoms with Gasteiger partial charge in [0.05, 0.1) is 12.8 Å². The van der Waals surface area contributed by atoms with Crippen molar-refractivity contribution >= 4 is 23.4 Å². The van der Waals surface area contributed by atoms with Crippen molar-refractivity contribution in [2.24, 2.45) is 0 Å². The van der Waals surface area contributed by atoms with E-state index < -0.39 is 6.61 Å². The van der Waals surface area contributed by atoms with Gasteiger partial charge < -0.3 is 14.4 Å². The molecule has 0 aliphatic carbocycles. The molecule has 132 valence electrons. The molecule has 0 unspecified atom stereocenters. The molecule has 0 saturated carbocycles. The third-order valence-corrected chi connectivity index (χ3v) is 4.96. The maximum Gasteiger partial charge on any atom is 0.387 e. The molecule has 0 fully saturated rings. The zero-order chi connectivity index (χ0) is 17.8. The summed E-state index contributed by atoms with van der Waals surface area (Å²) < 4.78 is 34.7. The molecular formula is C18H17F2NO3S. The van der Waals surface area contributed by atoms with Crippen molar-refractivity contribution in [3.63, 3.8) is 0 Å². The van der Waals surface area contributed by atoms with E-state index in [-0.39, 0.29) is 23.0 Å². The van der Waals surface area contributed by atoms with Gasteiger partial charge in [-0.2, -0.15) is 8.78 Å². The van der Waals surface area contributed by atoms with Crippen LogP contribution in [-0.4, -0.2) is 31.9 Å². The van der Waals surface area contributed by atoms with E-state index in [4.69, 9.17) is 4.74 Å². The molecule has 0 spiro atoms. The van der Waals surface area contributed by atoms with Crippen molar-refractivity contribution in [3.05, 3.63) is 48.0 Å². The normalized spacial score (nSPS) is 14.0. The zero-order valence-electron chi connectivity index (χ0n) is 13.6. The van der Waals surface area contributed by atoms with Gasteiger partial charge in [0.1, 0.15) is 0 Å². The van der Waals surface area contributed by atoms with Crippen LogP contribution in [0.2, 0.25) is 0 Å². The number of hydrogen-bond donors (Lipinski definition) is 0. The highest BCUT2D eigenvalue weighted by molar-refractivity contribution is 7.99. The number of alkyl halides is 2. The number of benzene rings is 2. The van der Waals surface area contributed by atoms with Gasteiger partial charge in [-0.05, 0) is 42.5 Å². The first-order chi connectivity index (χ1) is 12.1. The van der Waals surface area contributed by atoms with E-state index in [2.05, 4.69) is 4.74 Å². The van der Waals surface area contributed by atoms with Crippen LogP contribution in [0.4, 0.5) is 14.5 Å². The van der Waals surface area contributed by atoms with Crippen molar-refractivity contribution < 1.29 is 23.0 Å². The van der Waals surface area contributed by atoms with Crippen LogP contribution in [0, 0.1) is 0 Å². The van der Waals surface area contributed by atoms with E-state index >= 15 is 0 Å². The van der Waals surface area contributed by atoms with Gasteiger partial charge in [0, 0.05) is 17.0 Å². The molecule has 7 heteroatoms. The van der Waals surface area contributed by atoms with Gasteiger partial charge in [-0.25, -0.2) is 0 Å². The van der Waals surface area contributed by atoms with E-state index in [0.717, 1.165) is 22.8 Å². The number of anilines is 1. The lowest BCUT2D eigenvalue weighted by Gasteiger charge is -2.23. The van der Waals surface area contributed by atoms with E-state index in [1.165, 1.54) is 19.2 Å². The second kappa shape index (κ2) is 7.74. The lowest BCUT2D eigenvalue weighted by molar-refractivity contribution is -0.0512. The molecule has 1 aliphatic heterocycles. The average molecular weight is 365 g/mol. The van der Waals surface area contributed by atoms with Gasteiger partial charge in [-0.1, -0.05) is 12.1 Å². The van der Waals surface area contributed by atoms with Gasteiger partial charge in [0.25, 0.3) is 5.91 Å². The van der Waals surface area contributed by atoms with Crippen LogP contribution in [0.3, 0.4) is 0 Å². The second-order valence-corrected chi connectivity index (χ2v) is 6.51. The summed E-state index contributed by atoms with van der Waals surface area (Å²) in [5.74, 6) is 0.671. The number of amides is 1. The minimum absolute atomic E-state index is 0.152.